The maximum Gasteiger partial charge on any atom is 0.273 e. The zero-order valence-corrected chi connectivity index (χ0v) is 16.8. The first-order valence-corrected chi connectivity index (χ1v) is 8.89. The van der Waals surface area contributed by atoms with Crippen molar-refractivity contribution in [3.8, 4) is 5.75 Å². The predicted molar refractivity (Wildman–Crippen MR) is 109 cm³/mol. The molecule has 2 aromatic carbocycles. The number of halogens is 2. The molecule has 0 fully saturated rings. The van der Waals surface area contributed by atoms with Gasteiger partial charge in [-0.1, -0.05) is 58.7 Å². The van der Waals surface area contributed by atoms with Crippen molar-refractivity contribution in [2.24, 2.45) is 5.16 Å². The number of hydrogen-bond acceptors (Lipinski definition) is 4. The van der Waals surface area contributed by atoms with Gasteiger partial charge in [0.1, 0.15) is 24.0 Å². The van der Waals surface area contributed by atoms with Gasteiger partial charge in [-0.05, 0) is 41.8 Å². The van der Waals surface area contributed by atoms with Crippen molar-refractivity contribution < 1.29 is 14.4 Å². The third-order valence-electron chi connectivity index (χ3n) is 3.76. The van der Waals surface area contributed by atoms with Crippen LogP contribution in [0.1, 0.15) is 22.3 Å². The average Bonchev–Trinajstić information content (AvgIpc) is 2.65. The van der Waals surface area contributed by atoms with Gasteiger partial charge >= 0.3 is 0 Å². The van der Waals surface area contributed by atoms with Gasteiger partial charge in [-0.25, -0.2) is 0 Å². The van der Waals surface area contributed by atoms with Crippen LogP contribution in [0.15, 0.2) is 52.1 Å². The van der Waals surface area contributed by atoms with Crippen LogP contribution in [0.5, 0.6) is 5.75 Å². The van der Waals surface area contributed by atoms with E-state index in [1.165, 1.54) is 7.11 Å². The number of carbonyl (C=O) groups is 1. The molecule has 2 aromatic rings. The van der Waals surface area contributed by atoms with Gasteiger partial charge in [-0.15, -0.1) is 0 Å². The van der Waals surface area contributed by atoms with E-state index in [0.717, 1.165) is 22.4 Å². The molecule has 2 rings (SSSR count). The first-order valence-electron chi connectivity index (χ1n) is 8.14. The highest BCUT2D eigenvalue weighted by molar-refractivity contribution is 6.57. The summed E-state index contributed by atoms with van der Waals surface area (Å²) in [5.41, 5.74) is 3.46. The lowest BCUT2D eigenvalue weighted by molar-refractivity contribution is -0.114. The summed E-state index contributed by atoms with van der Waals surface area (Å²) in [6.45, 7) is 2.20. The van der Waals surface area contributed by atoms with Gasteiger partial charge in [-0.3, -0.25) is 4.79 Å². The van der Waals surface area contributed by atoms with Gasteiger partial charge in [0.25, 0.3) is 5.91 Å². The number of aryl methyl sites for hydroxylation is 1. The number of nitrogens with zero attached hydrogens (tertiary/aromatic N) is 1. The molecular formula is C20H20Cl2N2O3. The van der Waals surface area contributed by atoms with Gasteiger partial charge in [-0.2, -0.15) is 0 Å². The van der Waals surface area contributed by atoms with Crippen LogP contribution in [0.4, 0.5) is 0 Å². The third-order valence-corrected chi connectivity index (χ3v) is 3.97. The number of ether oxygens (including phenoxy) is 1. The second-order valence-electron chi connectivity index (χ2n) is 5.61. The van der Waals surface area contributed by atoms with Gasteiger partial charge in [0.05, 0.1) is 0 Å². The number of carbonyl (C=O) groups excluding carboxylic acids is 1. The molecule has 7 heteroatoms. The molecule has 1 N–H and O–H groups in total. The highest BCUT2D eigenvalue weighted by atomic mass is 35.5. The zero-order valence-electron chi connectivity index (χ0n) is 15.3. The fourth-order valence-corrected chi connectivity index (χ4v) is 2.76. The Kier molecular flexibility index (Phi) is 7.70. The summed E-state index contributed by atoms with van der Waals surface area (Å²) >= 11 is 11.4. The lowest BCUT2D eigenvalue weighted by Gasteiger charge is -2.13. The molecule has 142 valence electrons. The zero-order chi connectivity index (χ0) is 19.8. The van der Waals surface area contributed by atoms with Crippen LogP contribution < -0.4 is 10.1 Å². The Labute approximate surface area is 168 Å². The van der Waals surface area contributed by atoms with Gasteiger partial charge in [0, 0.05) is 12.6 Å². The standard InChI is InChI=1S/C20H20Cl2N2O3/c1-13-10-14(11-18(21)22)8-9-17(13)27-12-15-6-4-5-7-16(15)19(24-26-3)20(25)23-2/h4-11H,12H2,1-3H3,(H,23,25)/b24-19+. The summed E-state index contributed by atoms with van der Waals surface area (Å²) in [4.78, 5) is 16.9. The minimum Gasteiger partial charge on any atom is -0.489 e. The molecule has 0 spiro atoms. The van der Waals surface area contributed by atoms with Crippen molar-refractivity contribution in [3.63, 3.8) is 0 Å². The summed E-state index contributed by atoms with van der Waals surface area (Å²) in [6, 6.07) is 13.0. The lowest BCUT2D eigenvalue weighted by atomic mass is 10.0. The molecule has 5 nitrogen and oxygen atoms in total. The normalized spacial score (nSPS) is 10.9. The number of rotatable bonds is 7. The SMILES string of the molecule is CNC(=O)/C(=N/OC)c1ccccc1COc1ccc(C=C(Cl)Cl)cc1C. The molecule has 0 saturated heterocycles. The number of benzene rings is 2. The third kappa shape index (κ3) is 5.74. The highest BCUT2D eigenvalue weighted by Crippen LogP contribution is 2.24. The van der Waals surface area contributed by atoms with E-state index in [1.807, 2.05) is 43.3 Å². The van der Waals surface area contributed by atoms with E-state index < -0.39 is 0 Å². The number of hydrogen-bond donors (Lipinski definition) is 1. The molecule has 0 aromatic heterocycles. The number of likely N-dealkylation sites (N-methyl/N-ethyl adjacent to an activating group) is 1. The molecule has 0 bridgehead atoms. The molecule has 0 heterocycles. The quantitative estimate of drug-likeness (QED) is 0.545. The van der Waals surface area contributed by atoms with Crippen LogP contribution in [0.25, 0.3) is 6.08 Å². The van der Waals surface area contributed by atoms with Crippen LogP contribution >= 0.6 is 23.2 Å². The summed E-state index contributed by atoms with van der Waals surface area (Å²) in [7, 11) is 2.94. The minimum absolute atomic E-state index is 0.188. The molecule has 0 radical (unpaired) electrons. The minimum atomic E-state index is -0.338. The fraction of sp³-hybridized carbons (Fsp3) is 0.200. The van der Waals surface area contributed by atoms with Crippen molar-refractivity contribution in [1.82, 2.24) is 5.32 Å². The van der Waals surface area contributed by atoms with Crippen molar-refractivity contribution in [2.75, 3.05) is 14.2 Å². The molecule has 0 saturated carbocycles. The Morgan fingerprint density at radius 2 is 1.96 bits per heavy atom. The second-order valence-corrected chi connectivity index (χ2v) is 6.61. The van der Waals surface area contributed by atoms with Crippen LogP contribution in [-0.2, 0) is 16.2 Å². The Morgan fingerprint density at radius 1 is 1.22 bits per heavy atom. The Balaban J connectivity index is 2.26. The monoisotopic (exact) mass is 406 g/mol. The number of nitrogens with one attached hydrogen (secondary N) is 1. The van der Waals surface area contributed by atoms with Crippen LogP contribution in [0, 0.1) is 6.92 Å². The first-order chi connectivity index (χ1) is 13.0. The fourth-order valence-electron chi connectivity index (χ4n) is 2.51. The second kappa shape index (κ2) is 10.00. The van der Waals surface area contributed by atoms with Gasteiger partial charge < -0.3 is 14.9 Å². The summed E-state index contributed by atoms with van der Waals surface area (Å²) in [5, 5.41) is 6.42. The largest absolute Gasteiger partial charge is 0.489 e. The van der Waals surface area contributed by atoms with E-state index in [9.17, 15) is 4.79 Å². The van der Waals surface area contributed by atoms with Crippen molar-refractivity contribution in [3.05, 3.63) is 69.2 Å². The maximum absolute atomic E-state index is 12.1. The molecule has 0 aliphatic rings. The van der Waals surface area contributed by atoms with E-state index in [4.69, 9.17) is 32.8 Å². The molecule has 0 aliphatic heterocycles. The van der Waals surface area contributed by atoms with Crippen molar-refractivity contribution in [1.29, 1.82) is 0 Å². The summed E-state index contributed by atoms with van der Waals surface area (Å²) in [5.74, 6) is 0.382. The highest BCUT2D eigenvalue weighted by Gasteiger charge is 2.17. The van der Waals surface area contributed by atoms with Crippen LogP contribution in [-0.4, -0.2) is 25.8 Å². The van der Waals surface area contributed by atoms with Crippen molar-refractivity contribution in [2.45, 2.75) is 13.5 Å². The van der Waals surface area contributed by atoms with Gasteiger partial charge in [0.15, 0.2) is 5.71 Å². The number of amides is 1. The molecule has 0 aliphatic carbocycles. The molecule has 0 unspecified atom stereocenters. The van der Waals surface area contributed by atoms with E-state index in [0.29, 0.717) is 5.56 Å². The number of oxime groups is 1. The predicted octanol–water partition coefficient (Wildman–Crippen LogP) is 4.45. The Bertz CT molecular complexity index is 875. The first kappa shape index (κ1) is 20.8. The topological polar surface area (TPSA) is 59.9 Å². The van der Waals surface area contributed by atoms with Crippen LogP contribution in [0.3, 0.4) is 0 Å². The van der Waals surface area contributed by atoms with Crippen molar-refractivity contribution >= 4 is 40.9 Å². The molecule has 1 amide bonds. The van der Waals surface area contributed by atoms with Crippen LogP contribution in [0.2, 0.25) is 0 Å². The van der Waals surface area contributed by atoms with E-state index in [1.54, 1.807) is 19.2 Å². The summed E-state index contributed by atoms with van der Waals surface area (Å²) in [6.07, 6.45) is 1.66. The summed E-state index contributed by atoms with van der Waals surface area (Å²) < 4.78 is 6.14. The average molecular weight is 407 g/mol. The van der Waals surface area contributed by atoms with E-state index in [2.05, 4.69) is 10.5 Å². The smallest absolute Gasteiger partial charge is 0.273 e. The molecular weight excluding hydrogens is 387 g/mol. The van der Waals surface area contributed by atoms with E-state index >= 15 is 0 Å². The van der Waals surface area contributed by atoms with Gasteiger partial charge in [0.2, 0.25) is 0 Å². The lowest BCUT2D eigenvalue weighted by Crippen LogP contribution is -2.29. The molecule has 27 heavy (non-hydrogen) atoms. The van der Waals surface area contributed by atoms with E-state index in [-0.39, 0.29) is 22.7 Å². The Morgan fingerprint density at radius 3 is 2.59 bits per heavy atom. The molecule has 0 atom stereocenters. The maximum atomic E-state index is 12.1. The Hall–Kier alpha value is -2.50.